The monoisotopic (exact) mass is 480 g/mol. The minimum Gasteiger partial charge on any atom is -0.0985 e. The first-order valence-electron chi connectivity index (χ1n) is 13.4. The van der Waals surface area contributed by atoms with E-state index in [0.717, 1.165) is 24.8 Å². The van der Waals surface area contributed by atoms with Gasteiger partial charge in [0.25, 0.3) is 0 Å². The largest absolute Gasteiger partial charge is 0.0985 e. The van der Waals surface area contributed by atoms with Gasteiger partial charge < -0.3 is 0 Å². The molecule has 0 saturated carbocycles. The molecule has 0 aliphatic heterocycles. The van der Waals surface area contributed by atoms with Crippen LogP contribution >= 0.6 is 0 Å². The van der Waals surface area contributed by atoms with E-state index in [1.807, 2.05) is 6.08 Å². The van der Waals surface area contributed by atoms with Gasteiger partial charge in [0.2, 0.25) is 0 Å². The first kappa shape index (κ1) is 24.8. The van der Waals surface area contributed by atoms with Crippen LogP contribution in [0.15, 0.2) is 150 Å². The second-order valence-electron chi connectivity index (χ2n) is 10.1. The van der Waals surface area contributed by atoms with E-state index in [1.165, 1.54) is 44.6 Å². The zero-order valence-electron chi connectivity index (χ0n) is 22.1. The predicted octanol–water partition coefficient (Wildman–Crippen LogP) is 10.1. The van der Waals surface area contributed by atoms with Crippen LogP contribution in [0.3, 0.4) is 0 Å². The molecule has 2 unspecified atom stereocenters. The average molecular weight is 481 g/mol. The second-order valence-corrected chi connectivity index (χ2v) is 10.1. The maximum absolute atomic E-state index is 4.31. The molecule has 0 aromatic heterocycles. The Morgan fingerprint density at radius 3 is 2.59 bits per heavy atom. The van der Waals surface area contributed by atoms with Crippen molar-refractivity contribution in [3.8, 4) is 0 Å². The van der Waals surface area contributed by atoms with Crippen LogP contribution in [0.25, 0.3) is 11.1 Å². The maximum Gasteiger partial charge on any atom is 0.0281 e. The number of hydrogen-bond donors (Lipinski definition) is 0. The van der Waals surface area contributed by atoms with Gasteiger partial charge in [-0.3, -0.25) is 0 Å². The van der Waals surface area contributed by atoms with E-state index in [1.54, 1.807) is 5.57 Å². The van der Waals surface area contributed by atoms with Crippen molar-refractivity contribution in [3.63, 3.8) is 0 Å². The molecular weight excluding hydrogens is 444 g/mol. The van der Waals surface area contributed by atoms with Crippen LogP contribution in [0, 0.1) is 5.92 Å². The normalized spacial score (nSPS) is 20.0. The van der Waals surface area contributed by atoms with Gasteiger partial charge in [-0.25, -0.2) is 0 Å². The minimum absolute atomic E-state index is 0.120. The molecule has 0 heteroatoms. The molecule has 0 fully saturated rings. The second kappa shape index (κ2) is 11.0. The van der Waals surface area contributed by atoms with Crippen LogP contribution in [0.4, 0.5) is 0 Å². The zero-order valence-corrected chi connectivity index (χ0v) is 22.1. The molecule has 0 nitrogen and oxygen atoms in total. The summed E-state index contributed by atoms with van der Waals surface area (Å²) in [5.74, 6) is 0.644. The van der Waals surface area contributed by atoms with Crippen molar-refractivity contribution in [1.29, 1.82) is 0 Å². The standard InChI is InChI=1S/C37H36/c1-5-7-16-33(29-14-9-8-10-15-29)36(34-20-13-19-30(34)26(3)6-2)24-22-28-21-23-32-27(4)31-17-11-12-18-35(31)37(32)25-28/h5-18,20,22,24-25,27,36H,2-3,19,21,23H2,1,4H3/b7-5-,24-22?,33-16-. The van der Waals surface area contributed by atoms with Crippen molar-refractivity contribution < 1.29 is 0 Å². The van der Waals surface area contributed by atoms with Gasteiger partial charge in [-0.05, 0) is 76.3 Å². The summed E-state index contributed by atoms with van der Waals surface area (Å²) < 4.78 is 0. The van der Waals surface area contributed by atoms with Crippen LogP contribution in [-0.4, -0.2) is 0 Å². The molecule has 0 heterocycles. The Balaban J connectivity index is 1.59. The third kappa shape index (κ3) is 4.89. The Morgan fingerprint density at radius 1 is 1.03 bits per heavy atom. The molecule has 2 aromatic rings. The Labute approximate surface area is 222 Å². The van der Waals surface area contributed by atoms with E-state index in [9.17, 15) is 0 Å². The van der Waals surface area contributed by atoms with Crippen LogP contribution in [0.1, 0.15) is 55.7 Å². The maximum atomic E-state index is 4.31. The van der Waals surface area contributed by atoms with Crippen LogP contribution in [0.5, 0.6) is 0 Å². The summed E-state index contributed by atoms with van der Waals surface area (Å²) in [5, 5.41) is 0. The molecule has 5 rings (SSSR count). The van der Waals surface area contributed by atoms with Crippen LogP contribution < -0.4 is 0 Å². The van der Waals surface area contributed by atoms with Crippen LogP contribution in [0.2, 0.25) is 0 Å². The highest BCUT2D eigenvalue weighted by Crippen LogP contribution is 2.47. The minimum atomic E-state index is 0.120. The van der Waals surface area contributed by atoms with E-state index in [4.69, 9.17) is 0 Å². The molecule has 2 atom stereocenters. The Bertz CT molecular complexity index is 1430. The summed E-state index contributed by atoms with van der Waals surface area (Å²) >= 11 is 0. The first-order chi connectivity index (χ1) is 18.1. The van der Waals surface area contributed by atoms with Crippen molar-refractivity contribution >= 4 is 11.1 Å². The lowest BCUT2D eigenvalue weighted by molar-refractivity contribution is 0.812. The lowest BCUT2D eigenvalue weighted by Gasteiger charge is -2.22. The molecular formula is C37H36. The van der Waals surface area contributed by atoms with Gasteiger partial charge in [-0.2, -0.15) is 0 Å². The number of rotatable bonds is 8. The van der Waals surface area contributed by atoms with E-state index in [2.05, 4.69) is 130 Å². The Morgan fingerprint density at radius 2 is 1.81 bits per heavy atom. The van der Waals surface area contributed by atoms with Gasteiger partial charge in [0.05, 0.1) is 0 Å². The molecule has 0 saturated heterocycles. The lowest BCUT2D eigenvalue weighted by atomic mass is 9.82. The number of allylic oxidation sites excluding steroid dienone is 16. The number of benzene rings is 2. The number of hydrogen-bond acceptors (Lipinski definition) is 0. The summed E-state index contributed by atoms with van der Waals surface area (Å²) in [5.41, 5.74) is 13.5. The molecule has 3 aliphatic carbocycles. The summed E-state index contributed by atoms with van der Waals surface area (Å²) in [4.78, 5) is 0. The summed E-state index contributed by atoms with van der Waals surface area (Å²) in [6.45, 7) is 12.7. The van der Waals surface area contributed by atoms with Crippen molar-refractivity contribution in [2.75, 3.05) is 0 Å². The van der Waals surface area contributed by atoms with Crippen molar-refractivity contribution in [2.24, 2.45) is 5.92 Å². The van der Waals surface area contributed by atoms with E-state index < -0.39 is 0 Å². The topological polar surface area (TPSA) is 0 Å². The SMILES string of the molecule is C=CC(=C)C1=C(C(C=CC2=CC3=C(CC2)C(C)c2ccccc23)/C(=C\C=C/C)c2ccccc2)C=CC1. The van der Waals surface area contributed by atoms with Crippen molar-refractivity contribution in [2.45, 2.75) is 39.0 Å². The average Bonchev–Trinajstić information content (AvgIpc) is 3.54. The van der Waals surface area contributed by atoms with Gasteiger partial charge in [0, 0.05) is 11.8 Å². The highest BCUT2D eigenvalue weighted by atomic mass is 14.3. The molecule has 37 heavy (non-hydrogen) atoms. The van der Waals surface area contributed by atoms with Crippen LogP contribution in [-0.2, 0) is 0 Å². The number of fused-ring (bicyclic) bond motifs is 2. The zero-order chi connectivity index (χ0) is 25.8. The molecule has 0 N–H and O–H groups in total. The third-order valence-electron chi connectivity index (χ3n) is 7.95. The Kier molecular flexibility index (Phi) is 7.37. The fraction of sp³-hybridized carbons (Fsp3) is 0.189. The van der Waals surface area contributed by atoms with Gasteiger partial charge in [-0.15, -0.1) is 0 Å². The van der Waals surface area contributed by atoms with Gasteiger partial charge in [0.15, 0.2) is 0 Å². The molecule has 0 spiro atoms. The Hall–Kier alpha value is -3.90. The molecule has 0 amide bonds. The highest BCUT2D eigenvalue weighted by Gasteiger charge is 2.29. The third-order valence-corrected chi connectivity index (χ3v) is 7.95. The lowest BCUT2D eigenvalue weighted by Crippen LogP contribution is -2.06. The first-order valence-corrected chi connectivity index (χ1v) is 13.4. The highest BCUT2D eigenvalue weighted by molar-refractivity contribution is 5.86. The summed E-state index contributed by atoms with van der Waals surface area (Å²) in [6, 6.07) is 19.7. The fourth-order valence-electron chi connectivity index (χ4n) is 5.96. The van der Waals surface area contributed by atoms with Crippen molar-refractivity contribution in [1.82, 2.24) is 0 Å². The van der Waals surface area contributed by atoms with Gasteiger partial charge in [0.1, 0.15) is 0 Å². The van der Waals surface area contributed by atoms with Gasteiger partial charge in [-0.1, -0.05) is 135 Å². The summed E-state index contributed by atoms with van der Waals surface area (Å²) in [7, 11) is 0. The van der Waals surface area contributed by atoms with E-state index in [-0.39, 0.29) is 5.92 Å². The predicted molar refractivity (Wildman–Crippen MR) is 161 cm³/mol. The summed E-state index contributed by atoms with van der Waals surface area (Å²) in [6.07, 6.45) is 23.3. The van der Waals surface area contributed by atoms with E-state index in [0.29, 0.717) is 5.92 Å². The van der Waals surface area contributed by atoms with Crippen molar-refractivity contribution in [3.05, 3.63) is 167 Å². The van der Waals surface area contributed by atoms with Gasteiger partial charge >= 0.3 is 0 Å². The smallest absolute Gasteiger partial charge is 0.0281 e. The molecule has 184 valence electrons. The fourth-order valence-corrected chi connectivity index (χ4v) is 5.96. The molecule has 0 bridgehead atoms. The van der Waals surface area contributed by atoms with E-state index >= 15 is 0 Å². The quantitative estimate of drug-likeness (QED) is 0.330. The molecule has 3 aliphatic rings. The molecule has 2 aromatic carbocycles. The molecule has 0 radical (unpaired) electrons.